The molecule has 1 N–H and O–H groups in total. The van der Waals surface area contributed by atoms with Gasteiger partial charge in [0.1, 0.15) is 0 Å². The van der Waals surface area contributed by atoms with E-state index >= 15 is 0 Å². The predicted octanol–water partition coefficient (Wildman–Crippen LogP) is 5.71. The molecule has 0 saturated carbocycles. The van der Waals surface area contributed by atoms with Gasteiger partial charge in [0.25, 0.3) is 0 Å². The SMILES string of the molecule is CCOc1cc(/C=N\Nc2nc(-c3ccccc3)cs2)cc(Cl)c1OCC. The maximum atomic E-state index is 6.32. The van der Waals surface area contributed by atoms with E-state index in [1.807, 2.05) is 55.6 Å². The number of aromatic nitrogens is 1. The van der Waals surface area contributed by atoms with Gasteiger partial charge in [-0.2, -0.15) is 5.10 Å². The number of ether oxygens (including phenoxy) is 2. The first-order valence-electron chi connectivity index (χ1n) is 8.60. The molecule has 0 spiro atoms. The normalized spacial score (nSPS) is 10.9. The molecule has 140 valence electrons. The van der Waals surface area contributed by atoms with E-state index in [4.69, 9.17) is 21.1 Å². The van der Waals surface area contributed by atoms with E-state index in [1.165, 1.54) is 11.3 Å². The van der Waals surface area contributed by atoms with Crippen LogP contribution in [0.25, 0.3) is 11.3 Å². The average molecular weight is 402 g/mol. The number of anilines is 1. The number of hydrazone groups is 1. The monoisotopic (exact) mass is 401 g/mol. The Kier molecular flexibility index (Phi) is 6.68. The second-order valence-corrected chi connectivity index (χ2v) is 6.74. The van der Waals surface area contributed by atoms with Crippen molar-refractivity contribution in [3.05, 3.63) is 58.4 Å². The van der Waals surface area contributed by atoms with Crippen molar-refractivity contribution in [2.45, 2.75) is 13.8 Å². The summed E-state index contributed by atoms with van der Waals surface area (Å²) in [5, 5.41) is 7.45. The van der Waals surface area contributed by atoms with Crippen molar-refractivity contribution in [1.29, 1.82) is 0 Å². The molecule has 0 radical (unpaired) electrons. The first kappa shape index (κ1) is 19.2. The molecule has 1 heterocycles. The zero-order chi connectivity index (χ0) is 19.1. The predicted molar refractivity (Wildman–Crippen MR) is 113 cm³/mol. The Morgan fingerprint density at radius 3 is 2.67 bits per heavy atom. The van der Waals surface area contributed by atoms with Gasteiger partial charge in [-0.15, -0.1) is 11.3 Å². The summed E-state index contributed by atoms with van der Waals surface area (Å²) in [7, 11) is 0. The lowest BCUT2D eigenvalue weighted by molar-refractivity contribution is 0.288. The van der Waals surface area contributed by atoms with Gasteiger partial charge in [-0.05, 0) is 31.5 Å². The number of rotatable bonds is 8. The summed E-state index contributed by atoms with van der Waals surface area (Å²) in [4.78, 5) is 4.54. The molecule has 0 aliphatic heterocycles. The van der Waals surface area contributed by atoms with Gasteiger partial charge in [-0.3, -0.25) is 5.43 Å². The molecule has 0 saturated heterocycles. The summed E-state index contributed by atoms with van der Waals surface area (Å²) in [5.74, 6) is 1.16. The number of nitrogens with one attached hydrogen (secondary N) is 1. The molecule has 1 aromatic heterocycles. The third kappa shape index (κ3) is 4.99. The summed E-state index contributed by atoms with van der Waals surface area (Å²) in [6, 6.07) is 13.7. The van der Waals surface area contributed by atoms with Crippen molar-refractivity contribution in [1.82, 2.24) is 4.98 Å². The third-order valence-electron chi connectivity index (χ3n) is 3.57. The maximum absolute atomic E-state index is 6.32. The van der Waals surface area contributed by atoms with Crippen LogP contribution in [-0.2, 0) is 0 Å². The van der Waals surface area contributed by atoms with Crippen LogP contribution in [0, 0.1) is 0 Å². The molecular weight excluding hydrogens is 382 g/mol. The molecule has 3 rings (SSSR count). The fourth-order valence-corrected chi connectivity index (χ4v) is 3.38. The van der Waals surface area contributed by atoms with Crippen molar-refractivity contribution in [2.75, 3.05) is 18.6 Å². The first-order chi connectivity index (χ1) is 13.2. The number of hydrogen-bond acceptors (Lipinski definition) is 6. The van der Waals surface area contributed by atoms with Crippen LogP contribution in [0.4, 0.5) is 5.13 Å². The van der Waals surface area contributed by atoms with Crippen LogP contribution >= 0.6 is 22.9 Å². The lowest BCUT2D eigenvalue weighted by Gasteiger charge is -2.13. The lowest BCUT2D eigenvalue weighted by Crippen LogP contribution is -2.00. The van der Waals surface area contributed by atoms with Gasteiger partial charge in [0, 0.05) is 10.9 Å². The second-order valence-electron chi connectivity index (χ2n) is 5.47. The minimum Gasteiger partial charge on any atom is -0.490 e. The van der Waals surface area contributed by atoms with Gasteiger partial charge >= 0.3 is 0 Å². The van der Waals surface area contributed by atoms with Crippen molar-refractivity contribution in [3.63, 3.8) is 0 Å². The quantitative estimate of drug-likeness (QED) is 0.388. The van der Waals surface area contributed by atoms with Crippen molar-refractivity contribution in [3.8, 4) is 22.8 Å². The molecule has 0 aliphatic carbocycles. The number of nitrogens with zero attached hydrogens (tertiary/aromatic N) is 2. The molecule has 3 aromatic rings. The van der Waals surface area contributed by atoms with Gasteiger partial charge in [-0.25, -0.2) is 4.98 Å². The fraction of sp³-hybridized carbons (Fsp3) is 0.200. The molecule has 7 heteroatoms. The standard InChI is InChI=1S/C20H20ClN3O2S/c1-3-25-18-11-14(10-16(21)19(18)26-4-2)12-22-24-20-23-17(13-27-20)15-8-6-5-7-9-15/h5-13H,3-4H2,1-2H3,(H,23,24)/b22-12-. The van der Waals surface area contributed by atoms with Crippen LogP contribution in [0.2, 0.25) is 5.02 Å². The minimum absolute atomic E-state index is 0.491. The topological polar surface area (TPSA) is 55.7 Å². The van der Waals surface area contributed by atoms with Crippen LogP contribution < -0.4 is 14.9 Å². The smallest absolute Gasteiger partial charge is 0.203 e. The lowest BCUT2D eigenvalue weighted by atomic mass is 10.2. The van der Waals surface area contributed by atoms with E-state index in [0.717, 1.165) is 16.8 Å². The van der Waals surface area contributed by atoms with Gasteiger partial charge in [0.15, 0.2) is 11.5 Å². The fourth-order valence-electron chi connectivity index (χ4n) is 2.44. The Bertz CT molecular complexity index is 913. The first-order valence-corrected chi connectivity index (χ1v) is 9.86. The van der Waals surface area contributed by atoms with Gasteiger partial charge < -0.3 is 9.47 Å². The molecule has 0 unspecified atom stereocenters. The summed E-state index contributed by atoms with van der Waals surface area (Å²) in [6.45, 7) is 4.86. The van der Waals surface area contributed by atoms with Crippen LogP contribution in [-0.4, -0.2) is 24.4 Å². The Morgan fingerprint density at radius 1 is 1.15 bits per heavy atom. The Labute approximate surface area is 167 Å². The van der Waals surface area contributed by atoms with E-state index in [2.05, 4.69) is 15.5 Å². The number of hydrogen-bond donors (Lipinski definition) is 1. The summed E-state index contributed by atoms with van der Waals surface area (Å²) >= 11 is 7.82. The third-order valence-corrected chi connectivity index (χ3v) is 4.60. The minimum atomic E-state index is 0.491. The molecule has 0 bridgehead atoms. The Hall–Kier alpha value is -2.57. The van der Waals surface area contributed by atoms with Gasteiger partial charge in [0.2, 0.25) is 5.13 Å². The Morgan fingerprint density at radius 2 is 1.93 bits per heavy atom. The largest absolute Gasteiger partial charge is 0.490 e. The number of benzene rings is 2. The highest BCUT2D eigenvalue weighted by atomic mass is 35.5. The van der Waals surface area contributed by atoms with Crippen LogP contribution in [0.1, 0.15) is 19.4 Å². The van der Waals surface area contributed by atoms with E-state index in [-0.39, 0.29) is 0 Å². The summed E-state index contributed by atoms with van der Waals surface area (Å²) in [6.07, 6.45) is 1.67. The van der Waals surface area contributed by atoms with Crippen molar-refractivity contribution >= 4 is 34.3 Å². The molecule has 0 amide bonds. The van der Waals surface area contributed by atoms with E-state index in [9.17, 15) is 0 Å². The van der Waals surface area contributed by atoms with E-state index in [0.29, 0.717) is 34.9 Å². The highest BCUT2D eigenvalue weighted by molar-refractivity contribution is 7.14. The molecular formula is C20H20ClN3O2S. The zero-order valence-corrected chi connectivity index (χ0v) is 16.7. The average Bonchev–Trinajstić information content (AvgIpc) is 3.14. The van der Waals surface area contributed by atoms with Gasteiger partial charge in [-0.1, -0.05) is 41.9 Å². The molecule has 5 nitrogen and oxygen atoms in total. The maximum Gasteiger partial charge on any atom is 0.203 e. The highest BCUT2D eigenvalue weighted by Gasteiger charge is 2.11. The highest BCUT2D eigenvalue weighted by Crippen LogP contribution is 2.36. The van der Waals surface area contributed by atoms with Crippen LogP contribution in [0.3, 0.4) is 0 Å². The molecule has 2 aromatic carbocycles. The Balaban J connectivity index is 1.72. The molecule has 0 atom stereocenters. The molecule has 27 heavy (non-hydrogen) atoms. The van der Waals surface area contributed by atoms with Crippen molar-refractivity contribution < 1.29 is 9.47 Å². The van der Waals surface area contributed by atoms with Gasteiger partial charge in [0.05, 0.1) is 30.1 Å². The van der Waals surface area contributed by atoms with E-state index in [1.54, 1.807) is 12.3 Å². The van der Waals surface area contributed by atoms with E-state index < -0.39 is 0 Å². The molecule has 0 aliphatic rings. The zero-order valence-electron chi connectivity index (χ0n) is 15.1. The molecule has 0 fully saturated rings. The van der Waals surface area contributed by atoms with Crippen LogP contribution in [0.15, 0.2) is 52.9 Å². The summed E-state index contributed by atoms with van der Waals surface area (Å²) < 4.78 is 11.2. The van der Waals surface area contributed by atoms with Crippen LogP contribution in [0.5, 0.6) is 11.5 Å². The number of halogens is 1. The summed E-state index contributed by atoms with van der Waals surface area (Å²) in [5.41, 5.74) is 5.75. The number of thiazole rings is 1. The second kappa shape index (κ2) is 9.39. The van der Waals surface area contributed by atoms with Crippen molar-refractivity contribution in [2.24, 2.45) is 5.10 Å².